The van der Waals surface area contributed by atoms with E-state index in [0.29, 0.717) is 47.2 Å². The van der Waals surface area contributed by atoms with E-state index < -0.39 is 5.91 Å². The number of ether oxygens (including phenoxy) is 2. The van der Waals surface area contributed by atoms with Gasteiger partial charge in [-0.15, -0.1) is 0 Å². The van der Waals surface area contributed by atoms with Gasteiger partial charge in [0.1, 0.15) is 5.58 Å². The largest absolute Gasteiger partial charge is 0.493 e. The van der Waals surface area contributed by atoms with Crippen molar-refractivity contribution in [1.82, 2.24) is 10.2 Å². The van der Waals surface area contributed by atoms with Crippen molar-refractivity contribution in [2.45, 2.75) is 69.9 Å². The maximum Gasteiger partial charge on any atom is 0.287 e. The standard InChI is InChI=1S/C39H41ClN2O6/c1-46-35-21-32-33(43)22-37(48-34(32)23-36(35)47-2)39(45)41-30(20-26-12-16-29(40)17-13-26)19-25-10-14-27(15-11-25)31-8-4-3-7-28(31)24-42-18-6-5-9-38(42)44/h3-4,7-8,12-13,16-17,19,21-23,27,30H,5-6,9-11,14-15,18,20,24H2,1-2H3,(H,41,45)/t27?,30-/m0/s1. The minimum Gasteiger partial charge on any atom is -0.493 e. The first-order chi connectivity index (χ1) is 23.3. The van der Waals surface area contributed by atoms with Crippen LogP contribution >= 0.6 is 11.6 Å². The Morgan fingerprint density at radius 1 is 0.979 bits per heavy atom. The predicted octanol–water partition coefficient (Wildman–Crippen LogP) is 7.60. The molecular weight excluding hydrogens is 628 g/mol. The number of allylic oxidation sites excluding steroid dienone is 1. The molecule has 8 nitrogen and oxygen atoms in total. The van der Waals surface area contributed by atoms with E-state index in [1.54, 1.807) is 12.1 Å². The van der Waals surface area contributed by atoms with Gasteiger partial charge in [0.2, 0.25) is 5.91 Å². The van der Waals surface area contributed by atoms with Crippen molar-refractivity contribution in [1.29, 1.82) is 0 Å². The van der Waals surface area contributed by atoms with E-state index in [-0.39, 0.29) is 28.7 Å². The lowest BCUT2D eigenvalue weighted by molar-refractivity contribution is -0.133. The average molecular weight is 669 g/mol. The smallest absolute Gasteiger partial charge is 0.287 e. The highest BCUT2D eigenvalue weighted by Crippen LogP contribution is 2.38. The number of fused-ring (bicyclic) bond motifs is 1. The zero-order valence-electron chi connectivity index (χ0n) is 27.4. The highest BCUT2D eigenvalue weighted by atomic mass is 35.5. The van der Waals surface area contributed by atoms with E-state index in [0.717, 1.165) is 50.6 Å². The molecule has 1 N–H and O–H groups in total. The highest BCUT2D eigenvalue weighted by Gasteiger charge is 2.25. The van der Waals surface area contributed by atoms with Crippen LogP contribution in [0.2, 0.25) is 5.02 Å². The number of hydrogen-bond donors (Lipinski definition) is 1. The number of benzene rings is 3. The third-order valence-corrected chi connectivity index (χ3v) is 9.74. The van der Waals surface area contributed by atoms with Gasteiger partial charge in [0.25, 0.3) is 5.91 Å². The molecule has 1 saturated heterocycles. The van der Waals surface area contributed by atoms with E-state index in [1.165, 1.54) is 37.0 Å². The number of piperidine rings is 1. The van der Waals surface area contributed by atoms with Gasteiger partial charge in [0.15, 0.2) is 22.7 Å². The van der Waals surface area contributed by atoms with Gasteiger partial charge < -0.3 is 24.1 Å². The third-order valence-electron chi connectivity index (χ3n) is 9.48. The second-order valence-electron chi connectivity index (χ2n) is 12.7. The van der Waals surface area contributed by atoms with Gasteiger partial charge in [0, 0.05) is 36.7 Å². The Morgan fingerprint density at radius 2 is 1.71 bits per heavy atom. The van der Waals surface area contributed by atoms with E-state index in [4.69, 9.17) is 25.5 Å². The number of halogens is 1. The normalized spacial score (nSPS) is 17.2. The van der Waals surface area contributed by atoms with Crippen LogP contribution < -0.4 is 20.2 Å². The van der Waals surface area contributed by atoms with Crippen molar-refractivity contribution in [3.05, 3.63) is 116 Å². The molecule has 1 atom stereocenters. The summed E-state index contributed by atoms with van der Waals surface area (Å²) in [5.41, 5.74) is 4.77. The molecule has 1 aliphatic carbocycles. The summed E-state index contributed by atoms with van der Waals surface area (Å²) in [4.78, 5) is 41.1. The molecule has 3 aromatic carbocycles. The lowest BCUT2D eigenvalue weighted by atomic mass is 9.79. The lowest BCUT2D eigenvalue weighted by Gasteiger charge is -2.31. The fourth-order valence-corrected chi connectivity index (χ4v) is 7.05. The molecule has 2 heterocycles. The quantitative estimate of drug-likeness (QED) is 0.175. The van der Waals surface area contributed by atoms with Crippen LogP contribution in [-0.2, 0) is 17.8 Å². The molecule has 2 amide bonds. The Balaban J connectivity index is 1.20. The summed E-state index contributed by atoms with van der Waals surface area (Å²) in [6.45, 7) is 1.51. The number of nitrogens with zero attached hydrogens (tertiary/aromatic N) is 1. The number of methoxy groups -OCH3 is 2. The van der Waals surface area contributed by atoms with Crippen molar-refractivity contribution in [3.8, 4) is 11.5 Å². The van der Waals surface area contributed by atoms with E-state index >= 15 is 0 Å². The molecule has 250 valence electrons. The van der Waals surface area contributed by atoms with Gasteiger partial charge >= 0.3 is 0 Å². The van der Waals surface area contributed by atoms with Crippen LogP contribution in [0.1, 0.15) is 78.1 Å². The van der Waals surface area contributed by atoms with Gasteiger partial charge in [0.05, 0.1) is 25.6 Å². The number of carbonyl (C=O) groups excluding carboxylic acids is 2. The van der Waals surface area contributed by atoms with Crippen molar-refractivity contribution < 1.29 is 23.5 Å². The number of carbonyl (C=O) groups is 2. The Hall–Kier alpha value is -4.56. The van der Waals surface area contributed by atoms with Crippen molar-refractivity contribution in [3.63, 3.8) is 0 Å². The maximum absolute atomic E-state index is 13.6. The molecule has 4 aromatic rings. The summed E-state index contributed by atoms with van der Waals surface area (Å²) in [7, 11) is 2.99. The summed E-state index contributed by atoms with van der Waals surface area (Å²) in [5, 5.41) is 4.05. The zero-order chi connectivity index (χ0) is 33.6. The molecule has 0 bridgehead atoms. The molecule has 2 aliphatic rings. The number of hydrogen-bond acceptors (Lipinski definition) is 6. The second kappa shape index (κ2) is 15.1. The van der Waals surface area contributed by atoms with Crippen molar-refractivity contribution in [2.75, 3.05) is 20.8 Å². The average Bonchev–Trinajstić information content (AvgIpc) is 3.10. The van der Waals surface area contributed by atoms with Crippen LogP contribution in [0.25, 0.3) is 11.0 Å². The van der Waals surface area contributed by atoms with E-state index in [9.17, 15) is 14.4 Å². The van der Waals surface area contributed by atoms with Crippen LogP contribution in [0.3, 0.4) is 0 Å². The number of likely N-dealkylation sites (tertiary alicyclic amines) is 1. The molecule has 0 unspecified atom stereocenters. The molecular formula is C39H41ClN2O6. The Bertz CT molecular complexity index is 1870. The molecule has 6 rings (SSSR count). The molecule has 0 radical (unpaired) electrons. The summed E-state index contributed by atoms with van der Waals surface area (Å²) in [6.07, 6.45) is 9.19. The third kappa shape index (κ3) is 7.76. The summed E-state index contributed by atoms with van der Waals surface area (Å²) in [5.74, 6) is 0.904. The molecule has 48 heavy (non-hydrogen) atoms. The summed E-state index contributed by atoms with van der Waals surface area (Å²) < 4.78 is 16.6. The van der Waals surface area contributed by atoms with Gasteiger partial charge in [-0.2, -0.15) is 0 Å². The number of rotatable bonds is 10. The first-order valence-corrected chi connectivity index (χ1v) is 17.0. The minimum absolute atomic E-state index is 0.0771. The van der Waals surface area contributed by atoms with Crippen LogP contribution in [0, 0.1) is 0 Å². The summed E-state index contributed by atoms with van der Waals surface area (Å²) >= 11 is 6.15. The van der Waals surface area contributed by atoms with Crippen LogP contribution in [-0.4, -0.2) is 43.5 Å². The van der Waals surface area contributed by atoms with E-state index in [1.807, 2.05) is 29.2 Å². The number of nitrogens with one attached hydrogen (secondary N) is 1. The SMILES string of the molecule is COc1cc2oc(C(=O)N[C@@H](C=C3CCC(c4ccccc4CN4CCCCC4=O)CC3)Cc3ccc(Cl)cc3)cc(=O)c2cc1OC. The first-order valence-electron chi connectivity index (χ1n) is 16.6. The van der Waals surface area contributed by atoms with Crippen LogP contribution in [0.15, 0.2) is 87.6 Å². The Labute approximate surface area is 285 Å². The van der Waals surface area contributed by atoms with Crippen LogP contribution in [0.5, 0.6) is 11.5 Å². The predicted molar refractivity (Wildman–Crippen MR) is 187 cm³/mol. The van der Waals surface area contributed by atoms with Gasteiger partial charge in [-0.05, 0) is 85.8 Å². The van der Waals surface area contributed by atoms with Crippen molar-refractivity contribution in [2.24, 2.45) is 0 Å². The zero-order valence-corrected chi connectivity index (χ0v) is 28.2. The Kier molecular flexibility index (Phi) is 10.5. The number of amides is 2. The monoisotopic (exact) mass is 668 g/mol. The Morgan fingerprint density at radius 3 is 2.44 bits per heavy atom. The maximum atomic E-state index is 13.6. The van der Waals surface area contributed by atoms with Gasteiger partial charge in [-0.1, -0.05) is 59.6 Å². The van der Waals surface area contributed by atoms with Crippen LogP contribution in [0.4, 0.5) is 0 Å². The lowest BCUT2D eigenvalue weighted by Crippen LogP contribution is -2.36. The highest BCUT2D eigenvalue weighted by molar-refractivity contribution is 6.30. The fourth-order valence-electron chi connectivity index (χ4n) is 6.92. The van der Waals surface area contributed by atoms with Gasteiger partial charge in [-0.3, -0.25) is 14.4 Å². The minimum atomic E-state index is -0.477. The second-order valence-corrected chi connectivity index (χ2v) is 13.1. The molecule has 1 aliphatic heterocycles. The molecule has 1 saturated carbocycles. The molecule has 0 spiro atoms. The molecule has 9 heteroatoms. The van der Waals surface area contributed by atoms with Crippen molar-refractivity contribution >= 4 is 34.4 Å². The van der Waals surface area contributed by atoms with Gasteiger partial charge in [-0.25, -0.2) is 0 Å². The topological polar surface area (TPSA) is 98.1 Å². The first kappa shape index (κ1) is 33.3. The van der Waals surface area contributed by atoms with E-state index in [2.05, 4.69) is 35.7 Å². The summed E-state index contributed by atoms with van der Waals surface area (Å²) in [6, 6.07) is 20.1. The fraction of sp³-hybridized carbons (Fsp3) is 0.359. The molecule has 1 aromatic heterocycles. The molecule has 2 fully saturated rings.